The van der Waals surface area contributed by atoms with Gasteiger partial charge in [-0.25, -0.2) is 0 Å². The topological polar surface area (TPSA) is 29.1 Å². The molecule has 114 valence electrons. The van der Waals surface area contributed by atoms with Crippen molar-refractivity contribution in [3.8, 4) is 0 Å². The summed E-state index contributed by atoms with van der Waals surface area (Å²) in [5, 5.41) is 3.60. The van der Waals surface area contributed by atoms with Gasteiger partial charge in [-0.1, -0.05) is 54.4 Å². The first-order valence-corrected chi connectivity index (χ1v) is 8.15. The van der Waals surface area contributed by atoms with E-state index in [-0.39, 0.29) is 12.0 Å². The fourth-order valence-corrected chi connectivity index (χ4v) is 3.27. The summed E-state index contributed by atoms with van der Waals surface area (Å²) in [6.07, 6.45) is 3.90. The van der Waals surface area contributed by atoms with Crippen LogP contribution < -0.4 is 5.32 Å². The number of ketones is 1. The van der Waals surface area contributed by atoms with Gasteiger partial charge in [0.25, 0.3) is 0 Å². The molecule has 1 fully saturated rings. The summed E-state index contributed by atoms with van der Waals surface area (Å²) in [7, 11) is 0. The summed E-state index contributed by atoms with van der Waals surface area (Å²) >= 11 is 0. The fraction of sp³-hybridized carbons (Fsp3) is 0.350. The molecule has 0 spiro atoms. The summed E-state index contributed by atoms with van der Waals surface area (Å²) in [4.78, 5) is 12.4. The van der Waals surface area contributed by atoms with Gasteiger partial charge in [-0.05, 0) is 37.5 Å². The number of Topliss-reactive ketones (excluding diaryl/α,β-unsaturated/α-hetero) is 1. The highest BCUT2D eigenvalue weighted by atomic mass is 16.1. The first-order valence-electron chi connectivity index (χ1n) is 8.15. The Morgan fingerprint density at radius 3 is 2.41 bits per heavy atom. The molecule has 0 aliphatic heterocycles. The van der Waals surface area contributed by atoms with Crippen molar-refractivity contribution in [2.75, 3.05) is 5.32 Å². The van der Waals surface area contributed by atoms with Crippen LogP contribution >= 0.6 is 0 Å². The standard InChI is InChI=1S/C20H23NO/c1-15-11-13-17(14-12-15)21-20(16-7-3-2-4-8-16)18-9-5-6-10-19(18)22/h2-4,7-8,11-14,18,20-21H,5-6,9-10H2,1H3/t18-,20+/m1/s1. The first kappa shape index (κ1) is 14.8. The lowest BCUT2D eigenvalue weighted by atomic mass is 9.80. The lowest BCUT2D eigenvalue weighted by molar-refractivity contribution is -0.125. The number of anilines is 1. The lowest BCUT2D eigenvalue weighted by Crippen LogP contribution is -2.30. The Morgan fingerprint density at radius 2 is 1.73 bits per heavy atom. The van der Waals surface area contributed by atoms with E-state index >= 15 is 0 Å². The number of rotatable bonds is 4. The highest BCUT2D eigenvalue weighted by Gasteiger charge is 2.31. The highest BCUT2D eigenvalue weighted by Crippen LogP contribution is 2.34. The largest absolute Gasteiger partial charge is 0.378 e. The molecule has 1 aliphatic carbocycles. The smallest absolute Gasteiger partial charge is 0.138 e. The molecular formula is C20H23NO. The minimum absolute atomic E-state index is 0.0664. The Bertz CT molecular complexity index is 618. The average molecular weight is 293 g/mol. The van der Waals surface area contributed by atoms with E-state index in [1.165, 1.54) is 11.1 Å². The van der Waals surface area contributed by atoms with Crippen LogP contribution in [0.1, 0.15) is 42.9 Å². The predicted octanol–water partition coefficient (Wildman–Crippen LogP) is 4.91. The van der Waals surface area contributed by atoms with Crippen molar-refractivity contribution < 1.29 is 4.79 Å². The van der Waals surface area contributed by atoms with Gasteiger partial charge in [-0.2, -0.15) is 0 Å². The maximum atomic E-state index is 12.4. The van der Waals surface area contributed by atoms with E-state index < -0.39 is 0 Å². The molecule has 2 heteroatoms. The summed E-state index contributed by atoms with van der Waals surface area (Å²) in [5.74, 6) is 0.483. The Morgan fingerprint density at radius 1 is 1.00 bits per heavy atom. The number of carbonyl (C=O) groups excluding carboxylic acids is 1. The number of benzene rings is 2. The zero-order valence-corrected chi connectivity index (χ0v) is 13.1. The molecule has 0 bridgehead atoms. The minimum Gasteiger partial charge on any atom is -0.378 e. The van der Waals surface area contributed by atoms with E-state index in [0.29, 0.717) is 5.78 Å². The van der Waals surface area contributed by atoms with Crippen LogP contribution in [0.2, 0.25) is 0 Å². The second-order valence-corrected chi connectivity index (χ2v) is 6.22. The molecule has 1 N–H and O–H groups in total. The van der Waals surface area contributed by atoms with Gasteiger partial charge in [0.15, 0.2) is 0 Å². The van der Waals surface area contributed by atoms with Gasteiger partial charge in [-0.3, -0.25) is 4.79 Å². The maximum Gasteiger partial charge on any atom is 0.138 e. The number of hydrogen-bond acceptors (Lipinski definition) is 2. The monoisotopic (exact) mass is 293 g/mol. The van der Waals surface area contributed by atoms with E-state index in [1.54, 1.807) is 0 Å². The van der Waals surface area contributed by atoms with E-state index in [0.717, 1.165) is 31.4 Å². The first-order chi connectivity index (χ1) is 10.7. The number of aryl methyl sites for hydroxylation is 1. The summed E-state index contributed by atoms with van der Waals surface area (Å²) in [6.45, 7) is 2.09. The molecule has 3 rings (SSSR count). The average Bonchev–Trinajstić information content (AvgIpc) is 2.56. The van der Waals surface area contributed by atoms with E-state index in [9.17, 15) is 4.79 Å². The molecule has 2 aromatic carbocycles. The molecule has 2 nitrogen and oxygen atoms in total. The third-order valence-electron chi connectivity index (χ3n) is 4.54. The van der Waals surface area contributed by atoms with Crippen molar-refractivity contribution in [3.63, 3.8) is 0 Å². The van der Waals surface area contributed by atoms with Gasteiger partial charge in [0.2, 0.25) is 0 Å². The summed E-state index contributed by atoms with van der Waals surface area (Å²) in [5.41, 5.74) is 3.52. The molecule has 0 heterocycles. The number of carbonyl (C=O) groups is 1. The Kier molecular flexibility index (Phi) is 4.57. The zero-order valence-electron chi connectivity index (χ0n) is 13.1. The van der Waals surface area contributed by atoms with Gasteiger partial charge in [0.05, 0.1) is 6.04 Å². The van der Waals surface area contributed by atoms with Gasteiger partial charge in [0.1, 0.15) is 5.78 Å². The molecule has 2 aromatic rings. The molecule has 0 radical (unpaired) electrons. The van der Waals surface area contributed by atoms with Crippen molar-refractivity contribution in [1.82, 2.24) is 0 Å². The normalized spacial score (nSPS) is 19.7. The Labute approximate surface area is 132 Å². The van der Waals surface area contributed by atoms with Crippen LogP contribution in [0, 0.1) is 12.8 Å². The van der Waals surface area contributed by atoms with Crippen LogP contribution in [0.4, 0.5) is 5.69 Å². The van der Waals surface area contributed by atoms with Crippen molar-refractivity contribution in [1.29, 1.82) is 0 Å². The maximum absolute atomic E-state index is 12.4. The number of hydrogen-bond donors (Lipinski definition) is 1. The minimum atomic E-state index is 0.0664. The fourth-order valence-electron chi connectivity index (χ4n) is 3.27. The molecule has 0 saturated heterocycles. The molecule has 0 aromatic heterocycles. The highest BCUT2D eigenvalue weighted by molar-refractivity contribution is 5.83. The molecule has 0 unspecified atom stereocenters. The van der Waals surface area contributed by atoms with E-state index in [1.807, 2.05) is 18.2 Å². The van der Waals surface area contributed by atoms with Crippen molar-refractivity contribution in [3.05, 3.63) is 65.7 Å². The van der Waals surface area contributed by atoms with Gasteiger partial charge in [0, 0.05) is 18.0 Å². The third-order valence-corrected chi connectivity index (χ3v) is 4.54. The second kappa shape index (κ2) is 6.78. The molecule has 0 amide bonds. The predicted molar refractivity (Wildman–Crippen MR) is 90.9 cm³/mol. The number of nitrogens with one attached hydrogen (secondary N) is 1. The van der Waals surface area contributed by atoms with Crippen LogP contribution in [0.15, 0.2) is 54.6 Å². The van der Waals surface area contributed by atoms with Gasteiger partial charge in [-0.15, -0.1) is 0 Å². The molecular weight excluding hydrogens is 270 g/mol. The van der Waals surface area contributed by atoms with Crippen LogP contribution in [-0.4, -0.2) is 5.78 Å². The molecule has 1 saturated carbocycles. The van der Waals surface area contributed by atoms with Crippen LogP contribution in [-0.2, 0) is 4.79 Å². The Balaban J connectivity index is 1.88. The van der Waals surface area contributed by atoms with Crippen LogP contribution in [0.3, 0.4) is 0 Å². The van der Waals surface area contributed by atoms with Crippen molar-refractivity contribution in [2.45, 2.75) is 38.6 Å². The SMILES string of the molecule is Cc1ccc(N[C@@H](c2ccccc2)[C@@H]2CCCCC2=O)cc1. The lowest BCUT2D eigenvalue weighted by Gasteiger charge is -2.31. The van der Waals surface area contributed by atoms with Gasteiger partial charge < -0.3 is 5.32 Å². The van der Waals surface area contributed by atoms with Gasteiger partial charge >= 0.3 is 0 Å². The molecule has 2 atom stereocenters. The second-order valence-electron chi connectivity index (χ2n) is 6.22. The van der Waals surface area contributed by atoms with Crippen molar-refractivity contribution >= 4 is 11.5 Å². The summed E-state index contributed by atoms with van der Waals surface area (Å²) in [6, 6.07) is 18.8. The van der Waals surface area contributed by atoms with Crippen molar-refractivity contribution in [2.24, 2.45) is 5.92 Å². The Hall–Kier alpha value is -2.09. The van der Waals surface area contributed by atoms with E-state index in [4.69, 9.17) is 0 Å². The van der Waals surface area contributed by atoms with E-state index in [2.05, 4.69) is 48.6 Å². The third kappa shape index (κ3) is 3.38. The van der Waals surface area contributed by atoms with Crippen LogP contribution in [0.5, 0.6) is 0 Å². The molecule has 22 heavy (non-hydrogen) atoms. The quantitative estimate of drug-likeness (QED) is 0.868. The summed E-state index contributed by atoms with van der Waals surface area (Å²) < 4.78 is 0. The van der Waals surface area contributed by atoms with Crippen LogP contribution in [0.25, 0.3) is 0 Å². The zero-order chi connectivity index (χ0) is 15.4. The molecule has 1 aliphatic rings.